The van der Waals surface area contributed by atoms with Crippen molar-refractivity contribution in [2.75, 3.05) is 32.7 Å². The largest absolute Gasteiger partial charge is 0.348 e. The van der Waals surface area contributed by atoms with Crippen LogP contribution in [-0.4, -0.2) is 58.0 Å². The Morgan fingerprint density at radius 1 is 0.968 bits per heavy atom. The third kappa shape index (κ3) is 5.21. The maximum absolute atomic E-state index is 12.6. The van der Waals surface area contributed by atoms with Gasteiger partial charge in [0, 0.05) is 45.6 Å². The predicted octanol–water partition coefficient (Wildman–Crippen LogP) is 3.00. The average Bonchev–Trinajstić information content (AvgIpc) is 3.22. The zero-order chi connectivity index (χ0) is 21.6. The zero-order valence-electron chi connectivity index (χ0n) is 18.3. The molecule has 3 aromatic rings. The lowest BCUT2D eigenvalue weighted by Crippen LogP contribution is -2.50. The summed E-state index contributed by atoms with van der Waals surface area (Å²) in [5.74, 6) is 1.13. The second-order valence-electron chi connectivity index (χ2n) is 8.22. The summed E-state index contributed by atoms with van der Waals surface area (Å²) < 4.78 is 2.10. The minimum absolute atomic E-state index is 0.0147. The molecule has 1 aliphatic rings. The van der Waals surface area contributed by atoms with E-state index in [-0.39, 0.29) is 18.0 Å². The van der Waals surface area contributed by atoms with Gasteiger partial charge in [-0.05, 0) is 18.1 Å². The number of aryl methyl sites for hydroxylation is 1. The van der Waals surface area contributed by atoms with E-state index in [1.54, 1.807) is 0 Å². The predicted molar refractivity (Wildman–Crippen MR) is 123 cm³/mol. The van der Waals surface area contributed by atoms with Crippen molar-refractivity contribution in [1.29, 1.82) is 0 Å². The molecule has 1 fully saturated rings. The lowest BCUT2D eigenvalue weighted by Gasteiger charge is -2.39. The van der Waals surface area contributed by atoms with Crippen LogP contribution in [0, 0.1) is 0 Å². The van der Waals surface area contributed by atoms with E-state index in [4.69, 9.17) is 0 Å². The lowest BCUT2D eigenvalue weighted by atomic mass is 10.0. The van der Waals surface area contributed by atoms with Crippen LogP contribution >= 0.6 is 0 Å². The molecule has 1 aliphatic heterocycles. The molecular formula is C25H31N5O. The van der Waals surface area contributed by atoms with Gasteiger partial charge in [-0.25, -0.2) is 4.98 Å². The molecule has 1 aromatic heterocycles. The van der Waals surface area contributed by atoms with Gasteiger partial charge in [0.1, 0.15) is 5.82 Å². The van der Waals surface area contributed by atoms with Gasteiger partial charge in [0.05, 0.1) is 18.6 Å². The van der Waals surface area contributed by atoms with Crippen molar-refractivity contribution >= 4 is 5.91 Å². The van der Waals surface area contributed by atoms with Gasteiger partial charge in [-0.2, -0.15) is 0 Å². The van der Waals surface area contributed by atoms with E-state index in [0.29, 0.717) is 6.54 Å². The molecule has 0 unspecified atom stereocenters. The summed E-state index contributed by atoms with van der Waals surface area (Å²) in [7, 11) is 2.05. The fraction of sp³-hybridized carbons (Fsp3) is 0.360. The van der Waals surface area contributed by atoms with Crippen LogP contribution in [0.25, 0.3) is 0 Å². The zero-order valence-corrected chi connectivity index (χ0v) is 18.3. The molecule has 2 aromatic carbocycles. The van der Waals surface area contributed by atoms with Crippen molar-refractivity contribution in [1.82, 2.24) is 24.7 Å². The molecule has 2 heterocycles. The Kier molecular flexibility index (Phi) is 6.79. The Balaban J connectivity index is 1.36. The number of imidazole rings is 1. The summed E-state index contributed by atoms with van der Waals surface area (Å²) in [5.41, 5.74) is 2.38. The first-order valence-electron chi connectivity index (χ1n) is 10.9. The molecule has 162 valence electrons. The number of hydrogen-bond acceptors (Lipinski definition) is 4. The van der Waals surface area contributed by atoms with Gasteiger partial charge in [-0.15, -0.1) is 0 Å². The highest BCUT2D eigenvalue weighted by Crippen LogP contribution is 2.28. The first kappa shape index (κ1) is 21.3. The number of benzene rings is 2. The first-order valence-corrected chi connectivity index (χ1v) is 10.9. The number of rotatable bonds is 7. The number of nitrogens with zero attached hydrogens (tertiary/aromatic N) is 4. The molecule has 6 nitrogen and oxygen atoms in total. The van der Waals surface area contributed by atoms with Gasteiger partial charge in [0.25, 0.3) is 0 Å². The number of aromatic nitrogens is 2. The summed E-state index contributed by atoms with van der Waals surface area (Å²) >= 11 is 0. The molecule has 4 rings (SSSR count). The standard InChI is InChI=1S/C25H31N5O/c1-20(21-9-5-3-6-10-21)27-23(31)19-29-15-17-30(18-16-29)24(22-11-7-4-8-12-22)25-26-13-14-28(25)2/h3-14,20,24H,15-19H2,1-2H3,(H,27,31)/t20-,24-/m1/s1. The van der Waals surface area contributed by atoms with Crippen molar-refractivity contribution in [2.45, 2.75) is 19.0 Å². The van der Waals surface area contributed by atoms with Crippen molar-refractivity contribution in [2.24, 2.45) is 7.05 Å². The van der Waals surface area contributed by atoms with Crippen molar-refractivity contribution in [3.8, 4) is 0 Å². The monoisotopic (exact) mass is 417 g/mol. The van der Waals surface area contributed by atoms with Gasteiger partial charge < -0.3 is 9.88 Å². The number of carbonyl (C=O) groups excluding carboxylic acids is 1. The lowest BCUT2D eigenvalue weighted by molar-refractivity contribution is -0.123. The maximum Gasteiger partial charge on any atom is 0.234 e. The van der Waals surface area contributed by atoms with E-state index in [2.05, 4.69) is 48.9 Å². The first-order chi connectivity index (χ1) is 15.1. The molecule has 0 saturated carbocycles. The molecule has 1 saturated heterocycles. The Bertz CT molecular complexity index is 964. The van der Waals surface area contributed by atoms with Gasteiger partial charge in [-0.1, -0.05) is 60.7 Å². The number of piperazine rings is 1. The van der Waals surface area contributed by atoms with Crippen molar-refractivity contribution < 1.29 is 4.79 Å². The fourth-order valence-electron chi connectivity index (χ4n) is 4.29. The quantitative estimate of drug-likeness (QED) is 0.642. The minimum Gasteiger partial charge on any atom is -0.348 e. The normalized spacial score (nSPS) is 17.2. The highest BCUT2D eigenvalue weighted by Gasteiger charge is 2.29. The number of nitrogens with one attached hydrogen (secondary N) is 1. The molecule has 1 amide bonds. The van der Waals surface area contributed by atoms with Crippen molar-refractivity contribution in [3.63, 3.8) is 0 Å². The molecule has 0 bridgehead atoms. The summed E-state index contributed by atoms with van der Waals surface area (Å²) in [6, 6.07) is 20.8. The molecule has 0 aliphatic carbocycles. The molecule has 0 radical (unpaired) electrons. The van der Waals surface area contributed by atoms with E-state index in [0.717, 1.165) is 37.6 Å². The number of carbonyl (C=O) groups is 1. The SMILES string of the molecule is C[C@@H](NC(=O)CN1CCN([C@H](c2ccccc2)c2nccn2C)CC1)c1ccccc1. The second-order valence-corrected chi connectivity index (χ2v) is 8.22. The van der Waals surface area contributed by atoms with Crippen LogP contribution in [-0.2, 0) is 11.8 Å². The van der Waals surface area contributed by atoms with E-state index < -0.39 is 0 Å². The number of hydrogen-bond donors (Lipinski definition) is 1. The molecule has 0 spiro atoms. The molecule has 31 heavy (non-hydrogen) atoms. The van der Waals surface area contributed by atoms with E-state index >= 15 is 0 Å². The van der Waals surface area contributed by atoms with Gasteiger partial charge in [0.2, 0.25) is 5.91 Å². The van der Waals surface area contributed by atoms with Gasteiger partial charge in [-0.3, -0.25) is 14.6 Å². The highest BCUT2D eigenvalue weighted by molar-refractivity contribution is 5.78. The van der Waals surface area contributed by atoms with Crippen LogP contribution in [0.2, 0.25) is 0 Å². The fourth-order valence-corrected chi connectivity index (χ4v) is 4.29. The van der Waals surface area contributed by atoms with Crippen LogP contribution in [0.1, 0.15) is 36.0 Å². The topological polar surface area (TPSA) is 53.4 Å². The molecule has 2 atom stereocenters. The van der Waals surface area contributed by atoms with E-state index in [1.165, 1.54) is 5.56 Å². The Morgan fingerprint density at radius 3 is 2.16 bits per heavy atom. The van der Waals surface area contributed by atoms with Gasteiger partial charge >= 0.3 is 0 Å². The third-order valence-electron chi connectivity index (χ3n) is 6.03. The minimum atomic E-state index is 0.0147. The summed E-state index contributed by atoms with van der Waals surface area (Å²) in [5, 5.41) is 3.13. The van der Waals surface area contributed by atoms with Crippen molar-refractivity contribution in [3.05, 3.63) is 90.0 Å². The summed E-state index contributed by atoms with van der Waals surface area (Å²) in [6.07, 6.45) is 3.86. The summed E-state index contributed by atoms with van der Waals surface area (Å²) in [6.45, 7) is 5.98. The van der Waals surface area contributed by atoms with Crippen LogP contribution < -0.4 is 5.32 Å². The molecular weight excluding hydrogens is 386 g/mol. The van der Waals surface area contributed by atoms with Gasteiger partial charge in [0.15, 0.2) is 0 Å². The maximum atomic E-state index is 12.6. The van der Waals surface area contributed by atoms with Crippen LogP contribution in [0.4, 0.5) is 0 Å². The third-order valence-corrected chi connectivity index (χ3v) is 6.03. The van der Waals surface area contributed by atoms with Crippen LogP contribution in [0.15, 0.2) is 73.1 Å². The van der Waals surface area contributed by atoms with Crippen LogP contribution in [0.3, 0.4) is 0 Å². The summed E-state index contributed by atoms with van der Waals surface area (Å²) in [4.78, 5) is 21.9. The molecule has 1 N–H and O–H groups in total. The molecule has 6 heteroatoms. The van der Waals surface area contributed by atoms with E-state index in [1.807, 2.05) is 62.8 Å². The second kappa shape index (κ2) is 9.90. The Labute approximate surface area is 184 Å². The van der Waals surface area contributed by atoms with E-state index in [9.17, 15) is 4.79 Å². The average molecular weight is 418 g/mol. The number of amides is 1. The smallest absolute Gasteiger partial charge is 0.234 e. The highest BCUT2D eigenvalue weighted by atomic mass is 16.2. The Morgan fingerprint density at radius 2 is 1.58 bits per heavy atom. The Hall–Kier alpha value is -2.96. The van der Waals surface area contributed by atoms with Crippen LogP contribution in [0.5, 0.6) is 0 Å².